The van der Waals surface area contributed by atoms with E-state index in [1.807, 2.05) is 19.9 Å². The molecule has 2 N–H and O–H groups in total. The van der Waals surface area contributed by atoms with Crippen LogP contribution >= 0.6 is 0 Å². The second-order valence-corrected chi connectivity index (χ2v) is 7.49. The van der Waals surface area contributed by atoms with Crippen LogP contribution in [-0.2, 0) is 10.2 Å². The molecule has 18 heavy (non-hydrogen) atoms. The molecule has 1 rings (SSSR count). The number of hydrogen-bond donors (Lipinski definition) is 1. The van der Waals surface area contributed by atoms with Gasteiger partial charge in [-0.25, -0.2) is 0 Å². The maximum absolute atomic E-state index is 12.3. The molecule has 1 saturated heterocycles. The molecule has 0 aromatic rings. The average Bonchev–Trinajstić information content (AvgIpc) is 2.29. The van der Waals surface area contributed by atoms with Crippen LogP contribution in [0.15, 0.2) is 0 Å². The van der Waals surface area contributed by atoms with Gasteiger partial charge in [0, 0.05) is 39.1 Å². The van der Waals surface area contributed by atoms with Gasteiger partial charge in [0.25, 0.3) is 10.2 Å². The van der Waals surface area contributed by atoms with E-state index in [0.29, 0.717) is 19.5 Å². The van der Waals surface area contributed by atoms with Gasteiger partial charge in [0.15, 0.2) is 0 Å². The smallest absolute Gasteiger partial charge is 0.281 e. The lowest BCUT2D eigenvalue weighted by molar-refractivity contribution is 0.150. The van der Waals surface area contributed by atoms with E-state index in [1.165, 1.54) is 15.7 Å². The number of nitrogens with zero attached hydrogens (tertiary/aromatic N) is 3. The van der Waals surface area contributed by atoms with E-state index in [9.17, 15) is 8.42 Å². The summed E-state index contributed by atoms with van der Waals surface area (Å²) in [6.07, 6.45) is 0.866. The summed E-state index contributed by atoms with van der Waals surface area (Å²) >= 11 is 0. The van der Waals surface area contributed by atoms with Gasteiger partial charge in [-0.05, 0) is 11.8 Å². The molecule has 1 atom stereocenters. The van der Waals surface area contributed by atoms with Gasteiger partial charge in [-0.3, -0.25) is 0 Å². The fourth-order valence-electron chi connectivity index (χ4n) is 2.04. The minimum atomic E-state index is -3.47. The minimum Gasteiger partial charge on any atom is -0.327 e. The van der Waals surface area contributed by atoms with Crippen molar-refractivity contribution in [2.45, 2.75) is 32.7 Å². The van der Waals surface area contributed by atoms with Crippen molar-refractivity contribution in [2.75, 3.05) is 26.7 Å². The van der Waals surface area contributed by atoms with Crippen LogP contribution < -0.4 is 5.73 Å². The van der Waals surface area contributed by atoms with Crippen molar-refractivity contribution < 1.29 is 8.42 Å². The Bertz CT molecular complexity index is 427. The summed E-state index contributed by atoms with van der Waals surface area (Å²) in [6, 6.07) is 1.97. The molecule has 0 saturated carbocycles. The van der Waals surface area contributed by atoms with Gasteiger partial charge in [0.05, 0.1) is 6.07 Å². The van der Waals surface area contributed by atoms with Crippen LogP contribution in [0, 0.1) is 16.7 Å². The summed E-state index contributed by atoms with van der Waals surface area (Å²) in [7, 11) is -1.96. The van der Waals surface area contributed by atoms with Crippen LogP contribution in [-0.4, -0.2) is 49.8 Å². The zero-order chi connectivity index (χ0) is 14.0. The molecule has 1 fully saturated rings. The Balaban J connectivity index is 2.78. The zero-order valence-electron chi connectivity index (χ0n) is 11.3. The highest BCUT2D eigenvalue weighted by Gasteiger charge is 2.39. The molecule has 0 aromatic carbocycles. The van der Waals surface area contributed by atoms with Crippen molar-refractivity contribution >= 4 is 10.2 Å². The number of piperidine rings is 1. The molecule has 0 aromatic heterocycles. The third-order valence-electron chi connectivity index (χ3n) is 3.54. The molecule has 1 heterocycles. The van der Waals surface area contributed by atoms with Crippen LogP contribution in [0.3, 0.4) is 0 Å². The van der Waals surface area contributed by atoms with Crippen molar-refractivity contribution in [1.29, 1.82) is 5.26 Å². The van der Waals surface area contributed by atoms with Gasteiger partial charge in [-0.15, -0.1) is 0 Å². The predicted molar refractivity (Wildman–Crippen MR) is 69.7 cm³/mol. The van der Waals surface area contributed by atoms with E-state index < -0.39 is 10.2 Å². The molecule has 1 unspecified atom stereocenters. The molecule has 0 amide bonds. The first-order chi connectivity index (χ1) is 8.21. The van der Waals surface area contributed by atoms with Crippen molar-refractivity contribution in [3.63, 3.8) is 0 Å². The number of hydrogen-bond acceptors (Lipinski definition) is 4. The van der Waals surface area contributed by atoms with Gasteiger partial charge >= 0.3 is 0 Å². The van der Waals surface area contributed by atoms with Gasteiger partial charge in [-0.2, -0.15) is 22.3 Å². The second kappa shape index (κ2) is 5.53. The highest BCUT2D eigenvalue weighted by Crippen LogP contribution is 2.29. The van der Waals surface area contributed by atoms with Crippen molar-refractivity contribution in [3.05, 3.63) is 0 Å². The minimum absolute atomic E-state index is 0.0216. The van der Waals surface area contributed by atoms with Gasteiger partial charge in [0.2, 0.25) is 0 Å². The molecule has 0 radical (unpaired) electrons. The average molecular weight is 274 g/mol. The normalized spacial score (nSPS) is 25.0. The monoisotopic (exact) mass is 274 g/mol. The van der Waals surface area contributed by atoms with Gasteiger partial charge in [-0.1, -0.05) is 13.8 Å². The molecular weight excluding hydrogens is 252 g/mol. The molecule has 6 nitrogen and oxygen atoms in total. The maximum atomic E-state index is 12.3. The lowest BCUT2D eigenvalue weighted by atomic mass is 9.81. The topological polar surface area (TPSA) is 90.4 Å². The van der Waals surface area contributed by atoms with Crippen LogP contribution in [0.5, 0.6) is 0 Å². The lowest BCUT2D eigenvalue weighted by Crippen LogP contribution is -2.56. The SMILES string of the molecule is CN(CCC#N)S(=O)(=O)N1CCC(N)C(C)(C)C1. The highest BCUT2D eigenvalue weighted by molar-refractivity contribution is 7.86. The van der Waals surface area contributed by atoms with Crippen molar-refractivity contribution in [2.24, 2.45) is 11.1 Å². The molecule has 0 aliphatic carbocycles. The summed E-state index contributed by atoms with van der Waals surface area (Å²) in [5.74, 6) is 0. The number of nitrogens with two attached hydrogens (primary N) is 1. The summed E-state index contributed by atoms with van der Waals surface area (Å²) in [4.78, 5) is 0. The standard InChI is InChI=1S/C11H22N4O2S/c1-11(2)9-15(8-5-10(11)13)18(16,17)14(3)7-4-6-12/h10H,4-5,7-9,13H2,1-3H3. The van der Waals surface area contributed by atoms with Crippen LogP contribution in [0.4, 0.5) is 0 Å². The molecule has 104 valence electrons. The Kier molecular flexibility index (Phi) is 4.72. The molecule has 7 heteroatoms. The van der Waals surface area contributed by atoms with E-state index in [-0.39, 0.29) is 24.4 Å². The quantitative estimate of drug-likeness (QED) is 0.789. The van der Waals surface area contributed by atoms with Crippen LogP contribution in [0.1, 0.15) is 26.7 Å². The largest absolute Gasteiger partial charge is 0.327 e. The molecule has 0 bridgehead atoms. The van der Waals surface area contributed by atoms with Crippen LogP contribution in [0.2, 0.25) is 0 Å². The highest BCUT2D eigenvalue weighted by atomic mass is 32.2. The lowest BCUT2D eigenvalue weighted by Gasteiger charge is -2.42. The zero-order valence-corrected chi connectivity index (χ0v) is 12.1. The fraction of sp³-hybridized carbons (Fsp3) is 0.909. The van der Waals surface area contributed by atoms with Gasteiger partial charge in [0.1, 0.15) is 0 Å². The number of nitriles is 1. The summed E-state index contributed by atoms with van der Waals surface area (Å²) in [5, 5.41) is 8.51. The first-order valence-corrected chi connectivity index (χ1v) is 7.45. The van der Waals surface area contributed by atoms with Crippen molar-refractivity contribution in [1.82, 2.24) is 8.61 Å². The maximum Gasteiger partial charge on any atom is 0.281 e. The molecular formula is C11H22N4O2S. The molecule has 1 aliphatic heterocycles. The fourth-order valence-corrected chi connectivity index (χ4v) is 3.59. The third-order valence-corrected chi connectivity index (χ3v) is 5.47. The van der Waals surface area contributed by atoms with Crippen molar-refractivity contribution in [3.8, 4) is 6.07 Å². The first-order valence-electron chi connectivity index (χ1n) is 6.06. The summed E-state index contributed by atoms with van der Waals surface area (Å²) in [5.41, 5.74) is 5.78. The number of rotatable bonds is 4. The van der Waals surface area contributed by atoms with E-state index in [4.69, 9.17) is 11.0 Å². The van der Waals surface area contributed by atoms with E-state index in [1.54, 1.807) is 0 Å². The third kappa shape index (κ3) is 3.20. The van der Waals surface area contributed by atoms with Crippen LogP contribution in [0.25, 0.3) is 0 Å². The summed E-state index contributed by atoms with van der Waals surface area (Å²) in [6.45, 7) is 5.06. The Morgan fingerprint density at radius 1 is 1.56 bits per heavy atom. The Morgan fingerprint density at radius 3 is 2.67 bits per heavy atom. The van der Waals surface area contributed by atoms with Gasteiger partial charge < -0.3 is 5.73 Å². The Hall–Kier alpha value is -0.680. The predicted octanol–water partition coefficient (Wildman–Crippen LogP) is 0.136. The Labute approximate surface area is 110 Å². The first kappa shape index (κ1) is 15.4. The Morgan fingerprint density at radius 2 is 2.17 bits per heavy atom. The van der Waals surface area contributed by atoms with E-state index in [0.717, 1.165) is 0 Å². The van der Waals surface area contributed by atoms with E-state index in [2.05, 4.69) is 0 Å². The second-order valence-electron chi connectivity index (χ2n) is 5.45. The molecule has 0 spiro atoms. The summed E-state index contributed by atoms with van der Waals surface area (Å²) < 4.78 is 27.3. The van der Waals surface area contributed by atoms with E-state index >= 15 is 0 Å². The molecule has 1 aliphatic rings.